The fourth-order valence-electron chi connectivity index (χ4n) is 1.90. The quantitative estimate of drug-likeness (QED) is 0.806. The molecule has 21 heavy (non-hydrogen) atoms. The first-order valence-electron chi connectivity index (χ1n) is 6.53. The van der Waals surface area contributed by atoms with E-state index in [1.54, 1.807) is 24.3 Å². The average molecular weight is 280 g/mol. The Morgan fingerprint density at radius 1 is 1.10 bits per heavy atom. The summed E-state index contributed by atoms with van der Waals surface area (Å²) >= 11 is 0. The van der Waals surface area contributed by atoms with E-state index in [-0.39, 0.29) is 6.03 Å². The van der Waals surface area contributed by atoms with Gasteiger partial charge in [0, 0.05) is 17.9 Å². The molecule has 2 aromatic carbocycles. The van der Waals surface area contributed by atoms with Crippen LogP contribution in [-0.4, -0.2) is 13.1 Å². The second-order valence-electron chi connectivity index (χ2n) is 4.46. The molecule has 0 aromatic heterocycles. The number of hydrogen-bond donors (Lipinski definition) is 3. The molecule has 0 aliphatic carbocycles. The molecule has 2 aromatic rings. The predicted octanol–water partition coefficient (Wildman–Crippen LogP) is 2.92. The lowest BCUT2D eigenvalue weighted by molar-refractivity contribution is 0.262. The van der Waals surface area contributed by atoms with Crippen LogP contribution in [0.2, 0.25) is 0 Å². The molecule has 0 saturated carbocycles. The van der Waals surface area contributed by atoms with Crippen molar-refractivity contribution in [3.8, 4) is 6.07 Å². The standard InChI is InChI=1S/C16H16N4O/c1-18-11-13-4-2-3-5-15(13)20-16(21)19-14-8-6-12(10-17)7-9-14/h2-9,18H,11H2,1H3,(H2,19,20,21). The topological polar surface area (TPSA) is 76.9 Å². The second-order valence-corrected chi connectivity index (χ2v) is 4.46. The molecule has 0 spiro atoms. The summed E-state index contributed by atoms with van der Waals surface area (Å²) in [5.41, 5.74) is 2.96. The van der Waals surface area contributed by atoms with Crippen LogP contribution in [0.1, 0.15) is 11.1 Å². The molecule has 0 atom stereocenters. The lowest BCUT2D eigenvalue weighted by Crippen LogP contribution is -2.21. The van der Waals surface area contributed by atoms with Crippen molar-refractivity contribution < 1.29 is 4.79 Å². The van der Waals surface area contributed by atoms with E-state index in [1.807, 2.05) is 37.4 Å². The predicted molar refractivity (Wildman–Crippen MR) is 83.0 cm³/mol. The summed E-state index contributed by atoms with van der Waals surface area (Å²) in [7, 11) is 1.85. The normalized spacial score (nSPS) is 9.71. The van der Waals surface area contributed by atoms with Crippen molar-refractivity contribution in [2.24, 2.45) is 0 Å². The highest BCUT2D eigenvalue weighted by atomic mass is 16.2. The van der Waals surface area contributed by atoms with Gasteiger partial charge in [-0.2, -0.15) is 5.26 Å². The van der Waals surface area contributed by atoms with E-state index in [0.717, 1.165) is 11.3 Å². The molecule has 0 fully saturated rings. The number of nitrogens with zero attached hydrogens (tertiary/aromatic N) is 1. The minimum Gasteiger partial charge on any atom is -0.316 e. The molecule has 2 rings (SSSR count). The van der Waals surface area contributed by atoms with Gasteiger partial charge < -0.3 is 16.0 Å². The van der Waals surface area contributed by atoms with E-state index >= 15 is 0 Å². The number of amides is 2. The number of urea groups is 1. The molecular weight excluding hydrogens is 264 g/mol. The van der Waals surface area contributed by atoms with Crippen LogP contribution in [0.4, 0.5) is 16.2 Å². The SMILES string of the molecule is CNCc1ccccc1NC(=O)Nc1ccc(C#N)cc1. The van der Waals surface area contributed by atoms with Crippen LogP contribution in [0.25, 0.3) is 0 Å². The minimum atomic E-state index is -0.316. The summed E-state index contributed by atoms with van der Waals surface area (Å²) < 4.78 is 0. The Bertz CT molecular complexity index is 659. The van der Waals surface area contributed by atoms with Crippen LogP contribution in [-0.2, 0) is 6.54 Å². The zero-order valence-electron chi connectivity index (χ0n) is 11.7. The summed E-state index contributed by atoms with van der Waals surface area (Å²) in [6, 6.07) is 16.0. The molecular formula is C16H16N4O. The molecule has 0 bridgehead atoms. The van der Waals surface area contributed by atoms with Gasteiger partial charge in [-0.05, 0) is 42.9 Å². The first-order valence-corrected chi connectivity index (χ1v) is 6.53. The summed E-state index contributed by atoms with van der Waals surface area (Å²) in [6.07, 6.45) is 0. The number of rotatable bonds is 4. The highest BCUT2D eigenvalue weighted by Crippen LogP contribution is 2.15. The van der Waals surface area contributed by atoms with Gasteiger partial charge in [0.05, 0.1) is 11.6 Å². The molecule has 5 nitrogen and oxygen atoms in total. The third-order valence-electron chi connectivity index (χ3n) is 2.90. The molecule has 3 N–H and O–H groups in total. The Balaban J connectivity index is 2.03. The highest BCUT2D eigenvalue weighted by Gasteiger charge is 2.06. The zero-order valence-corrected chi connectivity index (χ0v) is 11.7. The Labute approximate surface area is 123 Å². The van der Waals surface area contributed by atoms with E-state index in [2.05, 4.69) is 16.0 Å². The largest absolute Gasteiger partial charge is 0.323 e. The molecule has 2 amide bonds. The first kappa shape index (κ1) is 14.6. The summed E-state index contributed by atoms with van der Waals surface area (Å²) in [5.74, 6) is 0. The van der Waals surface area contributed by atoms with Crippen molar-refractivity contribution >= 4 is 17.4 Å². The molecule has 0 saturated heterocycles. The fourth-order valence-corrected chi connectivity index (χ4v) is 1.90. The van der Waals surface area contributed by atoms with Gasteiger partial charge in [-0.3, -0.25) is 0 Å². The van der Waals surface area contributed by atoms with Gasteiger partial charge >= 0.3 is 6.03 Å². The lowest BCUT2D eigenvalue weighted by Gasteiger charge is -2.11. The number of para-hydroxylation sites is 1. The maximum Gasteiger partial charge on any atom is 0.323 e. The van der Waals surface area contributed by atoms with Gasteiger partial charge in [-0.25, -0.2) is 4.79 Å². The average Bonchev–Trinajstić information content (AvgIpc) is 2.50. The van der Waals surface area contributed by atoms with Gasteiger partial charge in [0.15, 0.2) is 0 Å². The fraction of sp³-hybridized carbons (Fsp3) is 0.125. The summed E-state index contributed by atoms with van der Waals surface area (Å²) in [5, 5.41) is 17.3. The number of carbonyl (C=O) groups excluding carboxylic acids is 1. The Hall–Kier alpha value is -2.84. The van der Waals surface area contributed by atoms with Crippen molar-refractivity contribution in [3.63, 3.8) is 0 Å². The first-order chi connectivity index (χ1) is 10.2. The van der Waals surface area contributed by atoms with E-state index < -0.39 is 0 Å². The van der Waals surface area contributed by atoms with Crippen molar-refractivity contribution in [2.75, 3.05) is 17.7 Å². The van der Waals surface area contributed by atoms with E-state index in [1.165, 1.54) is 0 Å². The Morgan fingerprint density at radius 3 is 2.48 bits per heavy atom. The third kappa shape index (κ3) is 4.06. The van der Waals surface area contributed by atoms with E-state index in [0.29, 0.717) is 17.8 Å². The minimum absolute atomic E-state index is 0.316. The van der Waals surface area contributed by atoms with Crippen LogP contribution in [0.15, 0.2) is 48.5 Å². The van der Waals surface area contributed by atoms with Gasteiger partial charge in [0.1, 0.15) is 0 Å². The molecule has 0 heterocycles. The lowest BCUT2D eigenvalue weighted by atomic mass is 10.2. The second kappa shape index (κ2) is 7.08. The molecule has 0 aliphatic rings. The monoisotopic (exact) mass is 280 g/mol. The molecule has 0 unspecified atom stereocenters. The molecule has 0 radical (unpaired) electrons. The third-order valence-corrected chi connectivity index (χ3v) is 2.90. The molecule has 5 heteroatoms. The summed E-state index contributed by atoms with van der Waals surface area (Å²) in [4.78, 5) is 12.0. The Morgan fingerprint density at radius 2 is 1.81 bits per heavy atom. The number of carbonyl (C=O) groups is 1. The van der Waals surface area contributed by atoms with Gasteiger partial charge in [-0.15, -0.1) is 0 Å². The van der Waals surface area contributed by atoms with Crippen molar-refractivity contribution in [3.05, 3.63) is 59.7 Å². The van der Waals surface area contributed by atoms with Crippen LogP contribution < -0.4 is 16.0 Å². The van der Waals surface area contributed by atoms with Crippen LogP contribution >= 0.6 is 0 Å². The summed E-state index contributed by atoms with van der Waals surface area (Å²) in [6.45, 7) is 0.674. The van der Waals surface area contributed by atoms with Gasteiger partial charge in [0.25, 0.3) is 0 Å². The van der Waals surface area contributed by atoms with Crippen molar-refractivity contribution in [1.29, 1.82) is 5.26 Å². The zero-order chi connectivity index (χ0) is 15.1. The van der Waals surface area contributed by atoms with Crippen LogP contribution in [0, 0.1) is 11.3 Å². The van der Waals surface area contributed by atoms with Crippen molar-refractivity contribution in [2.45, 2.75) is 6.54 Å². The number of anilines is 2. The van der Waals surface area contributed by atoms with Gasteiger partial charge in [0.2, 0.25) is 0 Å². The number of benzene rings is 2. The number of nitrogens with one attached hydrogen (secondary N) is 3. The van der Waals surface area contributed by atoms with Crippen LogP contribution in [0.5, 0.6) is 0 Å². The Kier molecular flexibility index (Phi) is 4.91. The van der Waals surface area contributed by atoms with E-state index in [9.17, 15) is 4.79 Å². The number of nitriles is 1. The van der Waals surface area contributed by atoms with Crippen molar-refractivity contribution in [1.82, 2.24) is 5.32 Å². The van der Waals surface area contributed by atoms with Crippen LogP contribution in [0.3, 0.4) is 0 Å². The van der Waals surface area contributed by atoms with Gasteiger partial charge in [-0.1, -0.05) is 18.2 Å². The smallest absolute Gasteiger partial charge is 0.316 e. The number of hydrogen-bond acceptors (Lipinski definition) is 3. The molecule has 0 aliphatic heterocycles. The molecule has 106 valence electrons. The van der Waals surface area contributed by atoms with E-state index in [4.69, 9.17) is 5.26 Å². The highest BCUT2D eigenvalue weighted by molar-refractivity contribution is 6.00. The maximum atomic E-state index is 12.0. The maximum absolute atomic E-state index is 12.0.